The maximum Gasteiger partial charge on any atom is 0.407 e. The number of amides is 12. The number of nitrogens with two attached hydrogens (primary N) is 1. The largest absolute Gasteiger partial charge is 0.493 e. The third-order valence-corrected chi connectivity index (χ3v) is 22.0. The van der Waals surface area contributed by atoms with Crippen LogP contribution >= 0.6 is 11.8 Å². The van der Waals surface area contributed by atoms with Crippen LogP contribution in [0.5, 0.6) is 11.5 Å². The lowest BCUT2D eigenvalue weighted by Gasteiger charge is -2.41. The molecule has 0 spiro atoms. The third-order valence-electron chi connectivity index (χ3n) is 20.5. The number of imide groups is 1. The van der Waals surface area contributed by atoms with Crippen molar-refractivity contribution in [2.75, 3.05) is 86.8 Å². The van der Waals surface area contributed by atoms with E-state index < -0.39 is 125 Å². The van der Waals surface area contributed by atoms with Crippen LogP contribution in [0.1, 0.15) is 162 Å². The Balaban J connectivity index is 1.25. The predicted octanol–water partition coefficient (Wildman–Crippen LogP) is 5.24. The van der Waals surface area contributed by atoms with Crippen LogP contribution in [0.15, 0.2) is 42.5 Å². The molecular weight excluding hydrogens is 1420 g/mol. The number of aliphatic carboxylic acids is 1. The molecule has 602 valence electrons. The predicted molar refractivity (Wildman–Crippen MR) is 405 cm³/mol. The van der Waals surface area contributed by atoms with Crippen LogP contribution in [0.4, 0.5) is 15.3 Å². The molecule has 2 aromatic carbocycles. The Morgan fingerprint density at radius 1 is 0.750 bits per heavy atom. The summed E-state index contributed by atoms with van der Waals surface area (Å²) < 4.78 is 28.6. The number of methoxy groups -OCH3 is 4. The van der Waals surface area contributed by atoms with Crippen LogP contribution in [0.3, 0.4) is 0 Å². The average molecular weight is 1540 g/mol. The topological polar surface area (TPSA) is 411 Å². The number of benzene rings is 2. The van der Waals surface area contributed by atoms with Crippen molar-refractivity contribution in [3.8, 4) is 11.5 Å². The molecule has 2 saturated heterocycles. The third kappa shape index (κ3) is 26.3. The number of carboxylic acids is 1. The number of carbonyl (C=O) groups excluding carboxylic acids is 12. The first-order valence-corrected chi connectivity index (χ1v) is 38.3. The highest BCUT2D eigenvalue weighted by molar-refractivity contribution is 8.00. The van der Waals surface area contributed by atoms with Gasteiger partial charge in [-0.1, -0.05) is 87.3 Å². The van der Waals surface area contributed by atoms with Crippen molar-refractivity contribution in [2.24, 2.45) is 40.7 Å². The van der Waals surface area contributed by atoms with Crippen molar-refractivity contribution in [2.45, 2.75) is 212 Å². The lowest BCUT2D eigenvalue weighted by molar-refractivity contribution is -0.148. The number of nitrogens with zero attached hydrogens (tertiary/aromatic N) is 4. The van der Waals surface area contributed by atoms with Gasteiger partial charge in [0, 0.05) is 70.7 Å². The molecule has 0 radical (unpaired) electrons. The van der Waals surface area contributed by atoms with Gasteiger partial charge in [0.2, 0.25) is 53.2 Å². The van der Waals surface area contributed by atoms with Crippen LogP contribution in [-0.4, -0.2) is 243 Å². The highest BCUT2D eigenvalue weighted by Gasteiger charge is 2.49. The Morgan fingerprint density at radius 3 is 1.99 bits per heavy atom. The summed E-state index contributed by atoms with van der Waals surface area (Å²) in [5.41, 5.74) is 6.04. The van der Waals surface area contributed by atoms with Gasteiger partial charge in [-0.2, -0.15) is 0 Å². The van der Waals surface area contributed by atoms with E-state index in [1.54, 1.807) is 83.2 Å². The van der Waals surface area contributed by atoms with E-state index in [-0.39, 0.29) is 130 Å². The SMILES string of the molecule is CC[C@H](C)[C@@H]([C@@H](CC(=O)N1C[C@@H](NC(=O)OCc2ccc(NC(=O)[C@H](CCCNC(N)=O)NC(=O)[C@@H](NC(=O)CCCCCN3C(=O)CC(SCC4(CC(=O)O)CC4)C3=O)C(C)C)cc2)C[C@H]1[C@H](OC)[C@@H](C)C(=O)NCC(=O)c1ccc(OC)c(OC)c1)OC)N(C)C(=O)[C@@H](NC(=O)[C@H](C(C)C)N(C)C)C(C)C. The molecule has 2 aliphatic heterocycles. The summed E-state index contributed by atoms with van der Waals surface area (Å²) in [5, 5.41) is 28.1. The molecule has 31 nitrogen and oxygen atoms in total. The second kappa shape index (κ2) is 43.0. The summed E-state index contributed by atoms with van der Waals surface area (Å²) in [6, 6.07) is 4.25. The Bertz CT molecular complexity index is 3420. The fourth-order valence-electron chi connectivity index (χ4n) is 14.0. The van der Waals surface area contributed by atoms with Crippen molar-refractivity contribution < 1.29 is 91.1 Å². The van der Waals surface area contributed by atoms with Crippen molar-refractivity contribution >= 4 is 94.5 Å². The number of likely N-dealkylation sites (tertiary alicyclic amines) is 2. The smallest absolute Gasteiger partial charge is 0.407 e. The first-order chi connectivity index (χ1) is 51.0. The molecule has 5 rings (SSSR count). The van der Waals surface area contributed by atoms with Crippen molar-refractivity contribution in [3.05, 3.63) is 53.6 Å². The Kier molecular flexibility index (Phi) is 35.8. The molecule has 1 saturated carbocycles. The summed E-state index contributed by atoms with van der Waals surface area (Å²) in [5.74, 6) is -5.98. The van der Waals surface area contributed by atoms with Gasteiger partial charge in [-0.05, 0) is 124 Å². The molecule has 12 amide bonds. The first kappa shape index (κ1) is 90.0. The highest BCUT2D eigenvalue weighted by Crippen LogP contribution is 2.52. The molecule has 12 atom stereocenters. The van der Waals surface area contributed by atoms with E-state index >= 15 is 4.79 Å². The van der Waals surface area contributed by atoms with Crippen molar-refractivity contribution in [3.63, 3.8) is 0 Å². The van der Waals surface area contributed by atoms with Gasteiger partial charge in [-0.3, -0.25) is 62.5 Å². The molecule has 0 bridgehead atoms. The van der Waals surface area contributed by atoms with E-state index in [2.05, 4.69) is 37.2 Å². The van der Waals surface area contributed by atoms with Gasteiger partial charge >= 0.3 is 18.1 Å². The van der Waals surface area contributed by atoms with E-state index in [9.17, 15) is 62.6 Å². The summed E-state index contributed by atoms with van der Waals surface area (Å²) >= 11 is 1.34. The fraction of sp³-hybridized carbons (Fsp3) is 0.671. The fourth-order valence-corrected chi connectivity index (χ4v) is 15.4. The number of urea groups is 1. The minimum absolute atomic E-state index is 0.0373. The molecule has 32 heteroatoms. The molecular formula is C76H118N12O19S. The average Bonchev–Trinajstić information content (AvgIpc) is 1.44. The second-order valence-corrected chi connectivity index (χ2v) is 31.1. The number of thioether (sulfide) groups is 1. The second-order valence-electron chi connectivity index (χ2n) is 29.9. The number of carboxylic acid groups (broad SMARTS) is 1. The van der Waals surface area contributed by atoms with Gasteiger partial charge in [0.1, 0.15) is 24.7 Å². The number of carbonyl (C=O) groups is 13. The van der Waals surface area contributed by atoms with E-state index in [4.69, 9.17) is 29.4 Å². The number of unbranched alkanes of at least 4 members (excludes halogenated alkanes) is 2. The number of anilines is 1. The number of hydrogen-bond acceptors (Lipinski definition) is 20. The van der Waals surface area contributed by atoms with Gasteiger partial charge in [-0.25, -0.2) is 9.59 Å². The summed E-state index contributed by atoms with van der Waals surface area (Å²) in [7, 11) is 11.0. The Morgan fingerprint density at radius 2 is 1.42 bits per heavy atom. The summed E-state index contributed by atoms with van der Waals surface area (Å²) in [6.07, 6.45) is 0.978. The van der Waals surface area contributed by atoms with E-state index in [1.807, 2.05) is 46.4 Å². The molecule has 1 aliphatic carbocycles. The van der Waals surface area contributed by atoms with Crippen molar-refractivity contribution in [1.29, 1.82) is 0 Å². The van der Waals surface area contributed by atoms with Gasteiger partial charge in [0.05, 0.1) is 81.1 Å². The van der Waals surface area contributed by atoms with E-state index in [0.29, 0.717) is 54.2 Å². The zero-order valence-corrected chi connectivity index (χ0v) is 66.5. The zero-order valence-electron chi connectivity index (χ0n) is 65.7. The lowest BCUT2D eigenvalue weighted by Crippen LogP contribution is -2.59. The Labute approximate surface area is 639 Å². The van der Waals surface area contributed by atoms with Gasteiger partial charge in [0.15, 0.2) is 17.3 Å². The highest BCUT2D eigenvalue weighted by atomic mass is 32.2. The van der Waals surface area contributed by atoms with E-state index in [1.165, 1.54) is 56.1 Å². The maximum atomic E-state index is 15.1. The number of rotatable bonds is 46. The van der Waals surface area contributed by atoms with Crippen LogP contribution < -0.4 is 52.4 Å². The van der Waals surface area contributed by atoms with Gasteiger partial charge < -0.3 is 81.5 Å². The molecule has 2 heterocycles. The molecule has 0 aromatic heterocycles. The number of ketones is 1. The number of Topliss-reactive ketones (excluding diaryl/α,β-unsaturated/α-hetero) is 1. The van der Waals surface area contributed by atoms with E-state index in [0.717, 1.165) is 12.8 Å². The minimum Gasteiger partial charge on any atom is -0.493 e. The summed E-state index contributed by atoms with van der Waals surface area (Å²) in [6.45, 7) is 16.1. The molecule has 1 unspecified atom stereocenters. The molecule has 108 heavy (non-hydrogen) atoms. The number of alkyl carbamates (subject to hydrolysis) is 1. The summed E-state index contributed by atoms with van der Waals surface area (Å²) in [4.78, 5) is 181. The van der Waals surface area contributed by atoms with Crippen LogP contribution in [0.2, 0.25) is 0 Å². The Hall–Kier alpha value is -8.62. The van der Waals surface area contributed by atoms with Crippen LogP contribution in [-0.2, 0) is 68.8 Å². The number of primary amides is 1. The normalized spacial score (nSPS) is 18.5. The molecule has 3 fully saturated rings. The monoisotopic (exact) mass is 1530 g/mol. The van der Waals surface area contributed by atoms with Crippen molar-refractivity contribution in [1.82, 2.24) is 51.5 Å². The minimum atomic E-state index is -1.16. The maximum absolute atomic E-state index is 15.1. The van der Waals surface area contributed by atoms with Gasteiger partial charge in [0.25, 0.3) is 0 Å². The number of ether oxygens (including phenoxy) is 5. The first-order valence-electron chi connectivity index (χ1n) is 37.3. The quantitative estimate of drug-likeness (QED) is 0.0232. The van der Waals surface area contributed by atoms with Crippen LogP contribution in [0, 0.1) is 35.0 Å². The molecule has 3 aliphatic rings. The molecule has 10 N–H and O–H groups in total. The van der Waals surface area contributed by atoms with Crippen LogP contribution in [0.25, 0.3) is 0 Å². The lowest BCUT2D eigenvalue weighted by atomic mass is 9.89. The van der Waals surface area contributed by atoms with Gasteiger partial charge in [-0.15, -0.1) is 11.8 Å². The molecule has 2 aromatic rings. The number of nitrogens with one attached hydrogen (secondary N) is 7. The standard InChI is InChI=1S/C76H118N12O19S/c1-17-46(8)66(86(12)73(100)64(44(4)5)84-71(98)65(45(6)7)85(10)11)57(105-15)36-60(91)88-40-51(35-53(88)67(106-16)47(9)68(95)79-39-54(89)49-26-29-55(103-13)56(34-49)104-14)81-75(102)107-41-48-24-27-50(28-25-48)80-69(96)52(22-21-32-78-74(77)101)82-70(97)63(43(2)3)83-59(90)23-19-18-20-33-87-61(92)37-58(72(87)99)108-42-76(30-31-76)38-62(93)94/h24-29,34,43-47,51-53,57-58,63-67H,17-23,30-33,35-42H2,1-16H3,(H,79,95)(H,80,96)(H,81,102)(H,82,97)(H,83,90)(H,84,98)(H,93,94)(H3,77,78,101)/t46-,47+,51-,52-,53-,57+,58?,63-,64-,65-,66-,67+/m0/s1. The number of hydrogen-bond donors (Lipinski definition) is 9. The number of likely N-dealkylation sites (N-methyl/N-ethyl adjacent to an activating group) is 2. The zero-order chi connectivity index (χ0) is 80.4.